The maximum atomic E-state index is 12.6. The van der Waals surface area contributed by atoms with Gasteiger partial charge in [0.2, 0.25) is 5.54 Å². The lowest BCUT2D eigenvalue weighted by Gasteiger charge is -2.35. The van der Waals surface area contributed by atoms with E-state index in [1.807, 2.05) is 27.7 Å². The van der Waals surface area contributed by atoms with Crippen molar-refractivity contribution in [2.24, 2.45) is 0 Å². The molecule has 0 aliphatic carbocycles. The smallest absolute Gasteiger partial charge is 0.288 e. The molecule has 0 saturated heterocycles. The van der Waals surface area contributed by atoms with Gasteiger partial charge < -0.3 is 9.94 Å². The Kier molecular flexibility index (Phi) is 3.24. The summed E-state index contributed by atoms with van der Waals surface area (Å²) in [5, 5.41) is 22.8. The summed E-state index contributed by atoms with van der Waals surface area (Å²) in [6, 6.07) is 7.19. The Balaban J connectivity index is 2.56. The third kappa shape index (κ3) is 1.94. The van der Waals surface area contributed by atoms with Crippen molar-refractivity contribution in [1.29, 1.82) is 0 Å². The lowest BCUT2D eigenvalue weighted by atomic mass is 9.81. The van der Waals surface area contributed by atoms with E-state index in [0.717, 1.165) is 20.8 Å². The van der Waals surface area contributed by atoms with Crippen molar-refractivity contribution in [3.05, 3.63) is 35.0 Å². The van der Waals surface area contributed by atoms with E-state index in [0.29, 0.717) is 5.71 Å². The van der Waals surface area contributed by atoms with Gasteiger partial charge >= 0.3 is 0 Å². The maximum absolute atomic E-state index is 12.6. The van der Waals surface area contributed by atoms with E-state index >= 15 is 0 Å². The number of hydrogen-bond acceptors (Lipinski definition) is 3. The Morgan fingerprint density at radius 1 is 1.05 bits per heavy atom. The minimum Gasteiger partial charge on any atom is -0.623 e. The van der Waals surface area contributed by atoms with Gasteiger partial charge in [0.25, 0.3) is 17.5 Å². The first-order chi connectivity index (χ1) is 9.21. The van der Waals surface area contributed by atoms with Crippen molar-refractivity contribution in [3.8, 4) is 5.75 Å². The van der Waals surface area contributed by atoms with Crippen LogP contribution >= 0.6 is 0 Å². The zero-order valence-electron chi connectivity index (χ0n) is 12.5. The summed E-state index contributed by atoms with van der Waals surface area (Å²) < 4.78 is 7.18. The number of hydroxylamine groups is 2. The van der Waals surface area contributed by atoms with Gasteiger partial charge in [-0.25, -0.2) is 0 Å². The molecule has 0 aromatic heterocycles. The Bertz CT molecular complexity index is 584. The molecule has 1 aliphatic rings. The average molecular weight is 277 g/mol. The number of benzene rings is 1. The van der Waals surface area contributed by atoms with Gasteiger partial charge in [-0.05, 0) is 29.0 Å². The SMILES string of the molecule is COc1ccc(C2=[N+]([O-])C(C)(C)C(C)(C)[N+](O)=C2)cc1. The molecular weight excluding hydrogens is 256 g/mol. The standard InChI is InChI=1S/C15H21N2O3/c1-14(2)15(3,4)17(19)13(10-16(14)18)11-6-8-12(20-5)9-7-11/h6-10,18H,1-5H3/q+1. The van der Waals surface area contributed by atoms with Gasteiger partial charge in [0.05, 0.1) is 12.7 Å². The first kappa shape index (κ1) is 14.4. The Morgan fingerprint density at radius 3 is 2.10 bits per heavy atom. The maximum Gasteiger partial charge on any atom is 0.288 e. The number of nitrogens with zero attached hydrogens (tertiary/aromatic N) is 2. The molecule has 0 amide bonds. The summed E-state index contributed by atoms with van der Waals surface area (Å²) in [7, 11) is 1.59. The third-order valence-corrected chi connectivity index (χ3v) is 4.43. The number of hydrogen-bond donors (Lipinski definition) is 1. The second-order valence-corrected chi connectivity index (χ2v) is 6.00. The van der Waals surface area contributed by atoms with Gasteiger partial charge in [-0.2, -0.15) is 4.74 Å². The predicted octanol–water partition coefficient (Wildman–Crippen LogP) is 2.04. The fourth-order valence-electron chi connectivity index (χ4n) is 2.11. The van der Waals surface area contributed by atoms with Crippen molar-refractivity contribution in [1.82, 2.24) is 0 Å². The van der Waals surface area contributed by atoms with Gasteiger partial charge in [0.1, 0.15) is 5.75 Å². The molecule has 0 fully saturated rings. The van der Waals surface area contributed by atoms with Gasteiger partial charge in [0.15, 0.2) is 0 Å². The number of methoxy groups -OCH3 is 1. The van der Waals surface area contributed by atoms with Crippen LogP contribution in [0.15, 0.2) is 24.3 Å². The van der Waals surface area contributed by atoms with Crippen LogP contribution in [0.4, 0.5) is 0 Å². The zero-order valence-corrected chi connectivity index (χ0v) is 12.5. The molecule has 5 heteroatoms. The molecule has 0 spiro atoms. The first-order valence-corrected chi connectivity index (χ1v) is 6.53. The molecule has 5 nitrogen and oxygen atoms in total. The van der Waals surface area contributed by atoms with Crippen molar-refractivity contribution in [2.45, 2.75) is 38.8 Å². The van der Waals surface area contributed by atoms with Crippen LogP contribution < -0.4 is 4.74 Å². The minimum atomic E-state index is -0.772. The van der Waals surface area contributed by atoms with E-state index in [2.05, 4.69) is 0 Å². The second-order valence-electron chi connectivity index (χ2n) is 6.00. The van der Waals surface area contributed by atoms with Crippen molar-refractivity contribution >= 4 is 11.9 Å². The van der Waals surface area contributed by atoms with E-state index in [4.69, 9.17) is 4.74 Å². The normalized spacial score (nSPS) is 20.6. The van der Waals surface area contributed by atoms with Crippen LogP contribution in [0.1, 0.15) is 33.3 Å². The summed E-state index contributed by atoms with van der Waals surface area (Å²) in [5.74, 6) is 0.725. The Labute approximate surface area is 119 Å². The quantitative estimate of drug-likeness (QED) is 0.511. The minimum absolute atomic E-state index is 0.430. The van der Waals surface area contributed by atoms with E-state index in [-0.39, 0.29) is 0 Å². The largest absolute Gasteiger partial charge is 0.623 e. The van der Waals surface area contributed by atoms with E-state index in [9.17, 15) is 10.4 Å². The summed E-state index contributed by atoms with van der Waals surface area (Å²) >= 11 is 0. The van der Waals surface area contributed by atoms with Crippen LogP contribution in [-0.4, -0.2) is 44.8 Å². The molecule has 1 heterocycles. The van der Waals surface area contributed by atoms with Crippen LogP contribution in [0, 0.1) is 5.21 Å². The fraction of sp³-hybridized carbons (Fsp3) is 0.467. The van der Waals surface area contributed by atoms with Crippen LogP contribution in [0.3, 0.4) is 0 Å². The highest BCUT2D eigenvalue weighted by molar-refractivity contribution is 6.34. The summed E-state index contributed by atoms with van der Waals surface area (Å²) in [6.07, 6.45) is 1.47. The topological polar surface area (TPSA) is 58.5 Å². The van der Waals surface area contributed by atoms with Crippen molar-refractivity contribution in [3.63, 3.8) is 0 Å². The number of ether oxygens (including phenoxy) is 1. The molecule has 1 aliphatic heterocycles. The highest BCUT2D eigenvalue weighted by Crippen LogP contribution is 2.30. The molecule has 1 N–H and O–H groups in total. The first-order valence-electron chi connectivity index (χ1n) is 6.53. The highest BCUT2D eigenvalue weighted by Gasteiger charge is 2.58. The molecule has 0 saturated carbocycles. The predicted molar refractivity (Wildman–Crippen MR) is 77.0 cm³/mol. The lowest BCUT2D eigenvalue weighted by molar-refractivity contribution is -0.851. The molecule has 0 atom stereocenters. The summed E-state index contributed by atoms with van der Waals surface area (Å²) in [6.45, 7) is 7.30. The Morgan fingerprint density at radius 2 is 1.60 bits per heavy atom. The zero-order chi connectivity index (χ0) is 15.1. The van der Waals surface area contributed by atoms with E-state index in [1.165, 1.54) is 6.21 Å². The van der Waals surface area contributed by atoms with Crippen molar-refractivity contribution in [2.75, 3.05) is 7.11 Å². The summed E-state index contributed by atoms with van der Waals surface area (Å²) in [4.78, 5) is 0. The molecule has 2 rings (SSSR count). The van der Waals surface area contributed by atoms with Crippen LogP contribution in [0.5, 0.6) is 5.75 Å². The van der Waals surface area contributed by atoms with Gasteiger partial charge in [-0.3, -0.25) is 5.21 Å². The third-order valence-electron chi connectivity index (χ3n) is 4.43. The summed E-state index contributed by atoms with van der Waals surface area (Å²) in [5.41, 5.74) is -0.292. The molecule has 0 radical (unpaired) electrons. The second kappa shape index (κ2) is 4.51. The molecule has 20 heavy (non-hydrogen) atoms. The van der Waals surface area contributed by atoms with Crippen molar-refractivity contribution < 1.29 is 19.4 Å². The Hall–Kier alpha value is -2.04. The molecule has 1 aromatic carbocycles. The highest BCUT2D eigenvalue weighted by atomic mass is 16.5. The van der Waals surface area contributed by atoms with E-state index in [1.54, 1.807) is 31.4 Å². The van der Waals surface area contributed by atoms with Crippen LogP contribution in [0.2, 0.25) is 0 Å². The number of rotatable bonds is 2. The molecular formula is C15H21N2O3+. The molecule has 0 bridgehead atoms. The van der Waals surface area contributed by atoms with E-state index < -0.39 is 11.1 Å². The lowest BCUT2D eigenvalue weighted by Crippen LogP contribution is -2.62. The van der Waals surface area contributed by atoms with Gasteiger partial charge in [0, 0.05) is 27.7 Å². The van der Waals surface area contributed by atoms with Gasteiger partial charge in [-0.15, -0.1) is 0 Å². The molecule has 108 valence electrons. The van der Waals surface area contributed by atoms with Crippen LogP contribution in [-0.2, 0) is 0 Å². The van der Waals surface area contributed by atoms with Gasteiger partial charge in [-0.1, -0.05) is 0 Å². The molecule has 1 aromatic rings. The monoisotopic (exact) mass is 277 g/mol. The average Bonchev–Trinajstić information content (AvgIpc) is 2.42. The molecule has 0 unspecified atom stereocenters. The van der Waals surface area contributed by atoms with Crippen LogP contribution in [0.25, 0.3) is 0 Å². The fourth-order valence-corrected chi connectivity index (χ4v) is 2.11.